The van der Waals surface area contributed by atoms with E-state index in [-0.39, 0.29) is 11.8 Å². The highest BCUT2D eigenvalue weighted by molar-refractivity contribution is 6.24. The standard InChI is InChI=1S/C18H16N2O5/c1-24-15-10-8-11(18(23)25-2)14(19-15)13-12(10)16(21)20(17(13)22)9-6-4-3-5-7-9/h3-8,10,12-14H,1-2H3/t10-,12+,13+,14+/m0/s1. The lowest BCUT2D eigenvalue weighted by Gasteiger charge is -2.38. The molecule has 0 aromatic heterocycles. The predicted octanol–water partition coefficient (Wildman–Crippen LogP) is 0.948. The van der Waals surface area contributed by atoms with Gasteiger partial charge in [-0.25, -0.2) is 14.7 Å². The number of ether oxygens (including phenoxy) is 2. The van der Waals surface area contributed by atoms with Crippen LogP contribution in [0.4, 0.5) is 5.69 Å². The van der Waals surface area contributed by atoms with Crippen molar-refractivity contribution in [3.63, 3.8) is 0 Å². The van der Waals surface area contributed by atoms with Gasteiger partial charge < -0.3 is 9.47 Å². The van der Waals surface area contributed by atoms with Gasteiger partial charge in [-0.15, -0.1) is 0 Å². The number of para-hydroxylation sites is 1. The lowest BCUT2D eigenvalue weighted by atomic mass is 9.69. The number of hydrogen-bond donors (Lipinski definition) is 0. The Morgan fingerprint density at radius 3 is 2.40 bits per heavy atom. The summed E-state index contributed by atoms with van der Waals surface area (Å²) in [5, 5.41) is 0. The number of carbonyl (C=O) groups is 3. The van der Waals surface area contributed by atoms with Crippen LogP contribution < -0.4 is 4.90 Å². The molecule has 1 aliphatic carbocycles. The normalized spacial score (nSPS) is 29.9. The van der Waals surface area contributed by atoms with Gasteiger partial charge in [0.15, 0.2) is 5.90 Å². The highest BCUT2D eigenvalue weighted by Gasteiger charge is 2.61. The third kappa shape index (κ3) is 2.05. The molecule has 128 valence electrons. The third-order valence-corrected chi connectivity index (χ3v) is 5.00. The summed E-state index contributed by atoms with van der Waals surface area (Å²) < 4.78 is 10.1. The Kier molecular flexibility index (Phi) is 3.45. The Morgan fingerprint density at radius 2 is 1.76 bits per heavy atom. The predicted molar refractivity (Wildman–Crippen MR) is 87.7 cm³/mol. The molecule has 3 heterocycles. The Balaban J connectivity index is 1.79. The maximum Gasteiger partial charge on any atom is 0.335 e. The number of aliphatic imine (C=N–C) groups is 1. The first-order valence-corrected chi connectivity index (χ1v) is 7.93. The van der Waals surface area contributed by atoms with Gasteiger partial charge in [-0.2, -0.15) is 0 Å². The van der Waals surface area contributed by atoms with Gasteiger partial charge in [-0.3, -0.25) is 9.59 Å². The number of rotatable bonds is 2. The molecular formula is C18H16N2O5. The fourth-order valence-electron chi connectivity index (χ4n) is 3.94. The third-order valence-electron chi connectivity index (χ3n) is 5.00. The van der Waals surface area contributed by atoms with Gasteiger partial charge in [0.2, 0.25) is 11.8 Å². The van der Waals surface area contributed by atoms with Crippen LogP contribution in [0.15, 0.2) is 47.0 Å². The molecule has 0 N–H and O–H groups in total. The average molecular weight is 340 g/mol. The van der Waals surface area contributed by atoms with Gasteiger partial charge in [0, 0.05) is 0 Å². The monoisotopic (exact) mass is 340 g/mol. The Hall–Kier alpha value is -2.96. The first-order valence-electron chi connectivity index (χ1n) is 7.93. The zero-order valence-electron chi connectivity index (χ0n) is 13.7. The maximum absolute atomic E-state index is 13.0. The number of carbonyl (C=O) groups excluding carboxylic acids is 3. The van der Waals surface area contributed by atoms with Gasteiger partial charge in [0.1, 0.15) is 0 Å². The van der Waals surface area contributed by atoms with Gasteiger partial charge in [-0.1, -0.05) is 24.3 Å². The number of hydrogen-bond acceptors (Lipinski definition) is 6. The molecule has 1 aromatic rings. The maximum atomic E-state index is 13.0. The topological polar surface area (TPSA) is 85.3 Å². The quantitative estimate of drug-likeness (QED) is 0.591. The summed E-state index contributed by atoms with van der Waals surface area (Å²) in [6, 6.07) is 8.00. The number of benzene rings is 1. The molecule has 4 atom stereocenters. The first-order chi connectivity index (χ1) is 12.1. The number of methoxy groups -OCH3 is 2. The number of nitrogens with zero attached hydrogens (tertiary/aromatic N) is 2. The molecule has 5 rings (SSSR count). The van der Waals surface area contributed by atoms with Crippen molar-refractivity contribution < 1.29 is 23.9 Å². The Bertz CT molecular complexity index is 829. The molecule has 1 fully saturated rings. The van der Waals surface area contributed by atoms with Crippen LogP contribution >= 0.6 is 0 Å². The van der Waals surface area contributed by atoms with Crippen LogP contribution in [0.2, 0.25) is 0 Å². The van der Waals surface area contributed by atoms with E-state index in [0.29, 0.717) is 17.2 Å². The van der Waals surface area contributed by atoms with E-state index in [1.165, 1.54) is 19.1 Å². The van der Waals surface area contributed by atoms with E-state index in [9.17, 15) is 14.4 Å². The number of imide groups is 1. The van der Waals surface area contributed by atoms with Crippen molar-refractivity contribution >= 4 is 29.4 Å². The summed E-state index contributed by atoms with van der Waals surface area (Å²) >= 11 is 0. The SMILES string of the molecule is COC(=O)C1=C[C@@H]2C(OC)=N[C@H]1[C@@H]1C(=O)N(c3ccccc3)C(=O)[C@@H]12. The molecule has 0 radical (unpaired) electrons. The van der Waals surface area contributed by atoms with Crippen molar-refractivity contribution in [2.75, 3.05) is 19.1 Å². The van der Waals surface area contributed by atoms with Gasteiger partial charge in [0.05, 0.1) is 49.3 Å². The molecule has 4 aliphatic rings. The lowest BCUT2D eigenvalue weighted by Crippen LogP contribution is -2.48. The summed E-state index contributed by atoms with van der Waals surface area (Å²) in [7, 11) is 2.75. The second kappa shape index (κ2) is 5.54. The highest BCUT2D eigenvalue weighted by Crippen LogP contribution is 2.48. The van der Waals surface area contributed by atoms with E-state index in [2.05, 4.69) is 4.99 Å². The molecule has 0 spiro atoms. The van der Waals surface area contributed by atoms with Crippen LogP contribution in [-0.2, 0) is 23.9 Å². The molecule has 0 unspecified atom stereocenters. The smallest absolute Gasteiger partial charge is 0.335 e. The molecular weight excluding hydrogens is 324 g/mol. The first kappa shape index (κ1) is 15.6. The minimum absolute atomic E-state index is 0.291. The van der Waals surface area contributed by atoms with Crippen LogP contribution in [0.3, 0.4) is 0 Å². The van der Waals surface area contributed by atoms with E-state index in [0.717, 1.165) is 0 Å². The van der Waals surface area contributed by atoms with Crippen LogP contribution in [0.1, 0.15) is 0 Å². The number of anilines is 1. The van der Waals surface area contributed by atoms with Gasteiger partial charge in [0.25, 0.3) is 0 Å². The Morgan fingerprint density at radius 1 is 1.08 bits per heavy atom. The summed E-state index contributed by atoms with van der Waals surface area (Å²) in [5.74, 6) is -2.67. The molecule has 7 nitrogen and oxygen atoms in total. The van der Waals surface area contributed by atoms with Crippen molar-refractivity contribution in [1.82, 2.24) is 0 Å². The van der Waals surface area contributed by atoms with E-state index >= 15 is 0 Å². The fourth-order valence-corrected chi connectivity index (χ4v) is 3.94. The summed E-state index contributed by atoms with van der Waals surface area (Å²) in [6.45, 7) is 0. The van der Waals surface area contributed by atoms with Crippen molar-refractivity contribution in [3.05, 3.63) is 42.0 Å². The molecule has 1 saturated heterocycles. The van der Waals surface area contributed by atoms with E-state index in [1.807, 2.05) is 6.07 Å². The zero-order valence-corrected chi connectivity index (χ0v) is 13.7. The van der Waals surface area contributed by atoms with Crippen molar-refractivity contribution in [3.8, 4) is 0 Å². The average Bonchev–Trinajstić information content (AvgIpc) is 2.93. The van der Waals surface area contributed by atoms with Crippen molar-refractivity contribution in [2.24, 2.45) is 22.7 Å². The molecule has 7 heteroatoms. The molecule has 3 aliphatic heterocycles. The fraction of sp³-hybridized carbons (Fsp3) is 0.333. The van der Waals surface area contributed by atoms with E-state index in [1.54, 1.807) is 30.3 Å². The zero-order chi connectivity index (χ0) is 17.7. The molecule has 2 amide bonds. The number of dihydropyridines is 1. The van der Waals surface area contributed by atoms with E-state index in [4.69, 9.17) is 9.47 Å². The summed E-state index contributed by atoms with van der Waals surface area (Å²) in [5.41, 5.74) is 0.829. The molecule has 2 bridgehead atoms. The number of esters is 1. The minimum Gasteiger partial charge on any atom is -0.484 e. The van der Waals surface area contributed by atoms with E-state index < -0.39 is 29.8 Å². The van der Waals surface area contributed by atoms with Crippen molar-refractivity contribution in [2.45, 2.75) is 6.04 Å². The second-order valence-corrected chi connectivity index (χ2v) is 6.15. The van der Waals surface area contributed by atoms with Crippen LogP contribution in [-0.4, -0.2) is 43.9 Å². The largest absolute Gasteiger partial charge is 0.484 e. The van der Waals surface area contributed by atoms with Crippen LogP contribution in [0.5, 0.6) is 0 Å². The van der Waals surface area contributed by atoms with Crippen molar-refractivity contribution in [1.29, 1.82) is 0 Å². The van der Waals surface area contributed by atoms with Crippen LogP contribution in [0.25, 0.3) is 0 Å². The minimum atomic E-state index is -0.762. The molecule has 1 aromatic carbocycles. The number of amides is 2. The summed E-state index contributed by atoms with van der Waals surface area (Å²) in [4.78, 5) is 43.7. The molecule has 25 heavy (non-hydrogen) atoms. The summed E-state index contributed by atoms with van der Waals surface area (Å²) in [6.07, 6.45) is 1.66. The Labute approximate surface area is 143 Å². The lowest BCUT2D eigenvalue weighted by molar-refractivity contribution is -0.137. The van der Waals surface area contributed by atoms with Gasteiger partial charge >= 0.3 is 5.97 Å². The highest BCUT2D eigenvalue weighted by atomic mass is 16.5. The van der Waals surface area contributed by atoms with Crippen LogP contribution in [0, 0.1) is 17.8 Å². The van der Waals surface area contributed by atoms with Gasteiger partial charge in [-0.05, 0) is 12.1 Å². The molecule has 0 saturated carbocycles. The second-order valence-electron chi connectivity index (χ2n) is 6.15.